The average molecular weight is 523 g/mol. The second kappa shape index (κ2) is 9.79. The van der Waals surface area contributed by atoms with Crippen molar-refractivity contribution in [3.63, 3.8) is 0 Å². The van der Waals surface area contributed by atoms with Gasteiger partial charge in [-0.3, -0.25) is 4.79 Å². The molecule has 5 rings (SSSR count). The zero-order valence-electron chi connectivity index (χ0n) is 21.3. The van der Waals surface area contributed by atoms with E-state index in [0.29, 0.717) is 30.8 Å². The number of aromatic amines is 1. The Bertz CT molecular complexity index is 1500. The van der Waals surface area contributed by atoms with Gasteiger partial charge in [0.1, 0.15) is 5.82 Å². The van der Waals surface area contributed by atoms with E-state index in [-0.39, 0.29) is 16.6 Å². The molecule has 194 valence electrons. The van der Waals surface area contributed by atoms with Gasteiger partial charge in [-0.2, -0.15) is 0 Å². The van der Waals surface area contributed by atoms with Crippen molar-refractivity contribution in [2.45, 2.75) is 24.5 Å². The number of nitrogens with zero attached hydrogens (tertiary/aromatic N) is 2. The van der Waals surface area contributed by atoms with Crippen LogP contribution in [-0.2, 0) is 15.6 Å². The van der Waals surface area contributed by atoms with Crippen molar-refractivity contribution in [2.75, 3.05) is 45.1 Å². The van der Waals surface area contributed by atoms with E-state index >= 15 is 0 Å². The number of rotatable bonds is 5. The SMILES string of the molecule is Cc1[nH]c(/C=C2\CNc3ccc(S(=O)(=O)Cc4cccc(F)c4)cc32)c(C)c1C(=O)N1CCN(C)CC1. The third kappa shape index (κ3) is 5.06. The maximum atomic E-state index is 13.6. The van der Waals surface area contributed by atoms with Gasteiger partial charge < -0.3 is 20.1 Å². The Morgan fingerprint density at radius 1 is 1.08 bits per heavy atom. The van der Waals surface area contributed by atoms with Crippen LogP contribution in [-0.4, -0.2) is 68.9 Å². The minimum atomic E-state index is -3.67. The fourth-order valence-electron chi connectivity index (χ4n) is 5.06. The molecule has 2 aromatic carbocycles. The van der Waals surface area contributed by atoms with E-state index in [0.717, 1.165) is 46.9 Å². The zero-order chi connectivity index (χ0) is 26.3. The van der Waals surface area contributed by atoms with E-state index in [1.54, 1.807) is 24.3 Å². The molecule has 2 aliphatic rings. The van der Waals surface area contributed by atoms with E-state index in [4.69, 9.17) is 0 Å². The van der Waals surface area contributed by atoms with Crippen molar-refractivity contribution in [1.29, 1.82) is 0 Å². The molecule has 9 heteroatoms. The van der Waals surface area contributed by atoms with Crippen LogP contribution in [0.2, 0.25) is 0 Å². The average Bonchev–Trinajstić information content (AvgIpc) is 3.38. The van der Waals surface area contributed by atoms with Gasteiger partial charge in [-0.15, -0.1) is 0 Å². The Morgan fingerprint density at radius 2 is 1.84 bits per heavy atom. The highest BCUT2D eigenvalue weighted by Gasteiger charge is 2.26. The lowest BCUT2D eigenvalue weighted by Crippen LogP contribution is -2.47. The lowest BCUT2D eigenvalue weighted by Gasteiger charge is -2.32. The van der Waals surface area contributed by atoms with Gasteiger partial charge in [0.2, 0.25) is 0 Å². The predicted octanol–water partition coefficient (Wildman–Crippen LogP) is 4.10. The van der Waals surface area contributed by atoms with Crippen LogP contribution in [0.15, 0.2) is 47.4 Å². The van der Waals surface area contributed by atoms with Crippen LogP contribution < -0.4 is 5.32 Å². The molecule has 0 atom stereocenters. The molecular formula is C28H31FN4O3S. The first-order chi connectivity index (χ1) is 17.6. The van der Waals surface area contributed by atoms with Gasteiger partial charge in [-0.1, -0.05) is 12.1 Å². The summed E-state index contributed by atoms with van der Waals surface area (Å²) in [6, 6.07) is 10.7. The number of sulfone groups is 1. The van der Waals surface area contributed by atoms with Crippen LogP contribution in [0.25, 0.3) is 11.6 Å². The molecule has 0 saturated carbocycles. The molecule has 1 fully saturated rings. The van der Waals surface area contributed by atoms with Crippen LogP contribution in [0.4, 0.5) is 10.1 Å². The molecule has 3 aromatic rings. The number of amides is 1. The van der Waals surface area contributed by atoms with Crippen LogP contribution >= 0.6 is 0 Å². The minimum absolute atomic E-state index is 0.0414. The van der Waals surface area contributed by atoms with Crippen LogP contribution in [0, 0.1) is 19.7 Å². The van der Waals surface area contributed by atoms with Gasteiger partial charge in [-0.25, -0.2) is 12.8 Å². The minimum Gasteiger partial charge on any atom is -0.380 e. The number of aromatic nitrogens is 1. The number of likely N-dealkylation sites (N-methyl/N-ethyl adjacent to an activating group) is 1. The zero-order valence-corrected chi connectivity index (χ0v) is 22.1. The number of carbonyl (C=O) groups excluding carboxylic acids is 1. The molecule has 0 aliphatic carbocycles. The summed E-state index contributed by atoms with van der Waals surface area (Å²) in [6.45, 7) is 7.54. The summed E-state index contributed by atoms with van der Waals surface area (Å²) in [5, 5.41) is 3.32. The standard InChI is InChI=1S/C28H31FN4O3S/c1-18-26(31-19(2)27(18)28(34)33-11-9-32(3)10-12-33)14-21-16-30-25-8-7-23(15-24(21)25)37(35,36)17-20-5-4-6-22(29)13-20/h4-8,13-15,30-31H,9-12,16-17H2,1-3H3/b21-14+. The first kappa shape index (κ1) is 25.2. The fraction of sp³-hybridized carbons (Fsp3) is 0.321. The Kier molecular flexibility index (Phi) is 6.68. The van der Waals surface area contributed by atoms with Crippen molar-refractivity contribution in [1.82, 2.24) is 14.8 Å². The number of hydrogen-bond acceptors (Lipinski definition) is 5. The van der Waals surface area contributed by atoms with E-state index < -0.39 is 15.7 Å². The highest BCUT2D eigenvalue weighted by molar-refractivity contribution is 7.90. The topological polar surface area (TPSA) is 85.5 Å². The fourth-order valence-corrected chi connectivity index (χ4v) is 6.42. The quantitative estimate of drug-likeness (QED) is 0.527. The van der Waals surface area contributed by atoms with Crippen LogP contribution in [0.1, 0.15) is 38.4 Å². The van der Waals surface area contributed by atoms with Crippen molar-refractivity contribution < 1.29 is 17.6 Å². The molecule has 1 saturated heterocycles. The van der Waals surface area contributed by atoms with Gasteiger partial charge in [0.05, 0.1) is 16.2 Å². The molecule has 1 aromatic heterocycles. The van der Waals surface area contributed by atoms with Crippen molar-refractivity contribution in [3.8, 4) is 0 Å². The van der Waals surface area contributed by atoms with Gasteiger partial charge in [-0.05, 0) is 74.0 Å². The Labute approximate surface area is 216 Å². The number of piperazine rings is 1. The monoisotopic (exact) mass is 522 g/mol. The molecule has 2 aliphatic heterocycles. The van der Waals surface area contributed by atoms with Gasteiger partial charge in [0.15, 0.2) is 9.84 Å². The number of hydrogen-bond donors (Lipinski definition) is 2. The van der Waals surface area contributed by atoms with Gasteiger partial charge in [0.25, 0.3) is 5.91 Å². The lowest BCUT2D eigenvalue weighted by molar-refractivity contribution is 0.0663. The number of fused-ring (bicyclic) bond motifs is 1. The van der Waals surface area contributed by atoms with E-state index in [2.05, 4.69) is 22.2 Å². The summed E-state index contributed by atoms with van der Waals surface area (Å²) in [4.78, 5) is 21.0. The smallest absolute Gasteiger partial charge is 0.256 e. The first-order valence-corrected chi connectivity index (χ1v) is 14.0. The summed E-state index contributed by atoms with van der Waals surface area (Å²) in [7, 11) is -1.61. The second-order valence-electron chi connectivity index (χ2n) is 9.88. The van der Waals surface area contributed by atoms with E-state index in [1.165, 1.54) is 18.2 Å². The van der Waals surface area contributed by atoms with Crippen molar-refractivity contribution in [3.05, 3.63) is 81.9 Å². The lowest BCUT2D eigenvalue weighted by atomic mass is 10.0. The molecule has 7 nitrogen and oxygen atoms in total. The summed E-state index contributed by atoms with van der Waals surface area (Å²) >= 11 is 0. The molecule has 3 heterocycles. The largest absolute Gasteiger partial charge is 0.380 e. The maximum absolute atomic E-state index is 13.6. The number of nitrogens with one attached hydrogen (secondary N) is 2. The third-order valence-corrected chi connectivity index (χ3v) is 8.90. The highest BCUT2D eigenvalue weighted by Crippen LogP contribution is 2.35. The molecule has 37 heavy (non-hydrogen) atoms. The highest BCUT2D eigenvalue weighted by atomic mass is 32.2. The van der Waals surface area contributed by atoms with Gasteiger partial charge in [0, 0.05) is 55.4 Å². The molecule has 0 bridgehead atoms. The molecule has 0 radical (unpaired) electrons. The summed E-state index contributed by atoms with van der Waals surface area (Å²) < 4.78 is 39.8. The van der Waals surface area contributed by atoms with Crippen molar-refractivity contribution in [2.24, 2.45) is 0 Å². The normalized spacial score (nSPS) is 17.2. The number of carbonyl (C=O) groups is 1. The summed E-state index contributed by atoms with van der Waals surface area (Å²) in [5.41, 5.74) is 6.25. The molecule has 1 amide bonds. The van der Waals surface area contributed by atoms with E-state index in [9.17, 15) is 17.6 Å². The van der Waals surface area contributed by atoms with Gasteiger partial charge >= 0.3 is 0 Å². The first-order valence-electron chi connectivity index (χ1n) is 12.4. The summed E-state index contributed by atoms with van der Waals surface area (Å²) in [6.07, 6.45) is 1.99. The number of halogens is 1. The molecular weight excluding hydrogens is 491 g/mol. The molecule has 2 N–H and O–H groups in total. The Morgan fingerprint density at radius 3 is 2.57 bits per heavy atom. The third-order valence-electron chi connectivity index (χ3n) is 7.21. The number of H-pyrrole nitrogens is 1. The number of benzene rings is 2. The Balaban J connectivity index is 1.43. The Hall–Kier alpha value is -3.43. The predicted molar refractivity (Wildman–Crippen MR) is 144 cm³/mol. The summed E-state index contributed by atoms with van der Waals surface area (Å²) in [5.74, 6) is -0.694. The van der Waals surface area contributed by atoms with Crippen LogP contribution in [0.3, 0.4) is 0 Å². The van der Waals surface area contributed by atoms with Crippen LogP contribution in [0.5, 0.6) is 0 Å². The maximum Gasteiger partial charge on any atom is 0.256 e. The van der Waals surface area contributed by atoms with E-state index in [1.807, 2.05) is 24.8 Å². The number of anilines is 1. The van der Waals surface area contributed by atoms with Crippen molar-refractivity contribution >= 4 is 33.1 Å². The molecule has 0 unspecified atom stereocenters. The second-order valence-corrected chi connectivity index (χ2v) is 11.9. The molecule has 0 spiro atoms. The number of aryl methyl sites for hydroxylation is 1.